The molecule has 26 heavy (non-hydrogen) atoms. The molecule has 2 aromatic rings. The first-order chi connectivity index (χ1) is 12.5. The Bertz CT molecular complexity index is 753. The van der Waals surface area contributed by atoms with Crippen molar-refractivity contribution in [3.05, 3.63) is 45.9 Å². The number of para-hydroxylation sites is 1. The van der Waals surface area contributed by atoms with Crippen LogP contribution in [0.2, 0.25) is 0 Å². The Morgan fingerprint density at radius 1 is 1.35 bits per heavy atom. The molecule has 1 aliphatic rings. The van der Waals surface area contributed by atoms with Crippen LogP contribution in [0, 0.1) is 6.92 Å². The zero-order valence-electron chi connectivity index (χ0n) is 15.7. The number of nitrogens with zero attached hydrogens (tertiary/aromatic N) is 2. The quantitative estimate of drug-likeness (QED) is 0.829. The van der Waals surface area contributed by atoms with Crippen molar-refractivity contribution in [1.29, 1.82) is 0 Å². The van der Waals surface area contributed by atoms with Crippen molar-refractivity contribution in [3.8, 4) is 5.75 Å². The fourth-order valence-corrected chi connectivity index (χ4v) is 4.46. The van der Waals surface area contributed by atoms with Gasteiger partial charge < -0.3 is 15.0 Å². The van der Waals surface area contributed by atoms with E-state index in [1.165, 1.54) is 18.4 Å². The van der Waals surface area contributed by atoms with E-state index in [0.717, 1.165) is 29.3 Å². The molecule has 0 atom stereocenters. The SMILES string of the molecule is COc1ccccc1C1(CNC(=O)N(C)Cc2csc(C)n2)CCCC1. The van der Waals surface area contributed by atoms with E-state index in [-0.39, 0.29) is 11.4 Å². The number of hydrogen-bond donors (Lipinski definition) is 1. The fraction of sp³-hybridized carbons (Fsp3) is 0.500. The summed E-state index contributed by atoms with van der Waals surface area (Å²) in [6, 6.07) is 8.13. The van der Waals surface area contributed by atoms with Gasteiger partial charge in [-0.1, -0.05) is 31.0 Å². The lowest BCUT2D eigenvalue weighted by molar-refractivity contribution is 0.202. The molecule has 3 rings (SSSR count). The van der Waals surface area contributed by atoms with Gasteiger partial charge in [-0.25, -0.2) is 9.78 Å². The van der Waals surface area contributed by atoms with Crippen LogP contribution in [0.4, 0.5) is 4.79 Å². The van der Waals surface area contributed by atoms with Crippen molar-refractivity contribution >= 4 is 17.4 Å². The summed E-state index contributed by atoms with van der Waals surface area (Å²) < 4.78 is 5.59. The molecule has 1 N–H and O–H groups in total. The predicted octanol–water partition coefficient (Wildman–Crippen LogP) is 4.11. The number of carbonyl (C=O) groups is 1. The second kappa shape index (κ2) is 8.08. The number of benzene rings is 1. The predicted molar refractivity (Wildman–Crippen MR) is 105 cm³/mol. The van der Waals surface area contributed by atoms with Gasteiger partial charge in [-0.2, -0.15) is 0 Å². The maximum atomic E-state index is 12.6. The van der Waals surface area contributed by atoms with Gasteiger partial charge in [-0.15, -0.1) is 11.3 Å². The van der Waals surface area contributed by atoms with Crippen LogP contribution < -0.4 is 10.1 Å². The number of aryl methyl sites for hydroxylation is 1. The summed E-state index contributed by atoms with van der Waals surface area (Å²) >= 11 is 1.61. The largest absolute Gasteiger partial charge is 0.496 e. The van der Waals surface area contributed by atoms with Crippen LogP contribution >= 0.6 is 11.3 Å². The summed E-state index contributed by atoms with van der Waals surface area (Å²) in [6.45, 7) is 3.13. The Balaban J connectivity index is 1.68. The number of aromatic nitrogens is 1. The van der Waals surface area contributed by atoms with E-state index >= 15 is 0 Å². The first-order valence-electron chi connectivity index (χ1n) is 9.07. The third-order valence-electron chi connectivity index (χ3n) is 5.23. The Labute approximate surface area is 159 Å². The summed E-state index contributed by atoms with van der Waals surface area (Å²) in [6.07, 6.45) is 4.51. The van der Waals surface area contributed by atoms with Crippen LogP contribution in [0.15, 0.2) is 29.6 Å². The van der Waals surface area contributed by atoms with Crippen molar-refractivity contribution in [2.45, 2.75) is 44.6 Å². The highest BCUT2D eigenvalue weighted by molar-refractivity contribution is 7.09. The molecule has 6 heteroatoms. The molecule has 1 fully saturated rings. The zero-order valence-corrected chi connectivity index (χ0v) is 16.6. The molecule has 5 nitrogen and oxygen atoms in total. The Morgan fingerprint density at radius 3 is 2.73 bits per heavy atom. The maximum absolute atomic E-state index is 12.6. The molecule has 0 bridgehead atoms. The number of ether oxygens (including phenoxy) is 1. The van der Waals surface area contributed by atoms with E-state index in [0.29, 0.717) is 13.1 Å². The monoisotopic (exact) mass is 373 g/mol. The second-order valence-corrected chi connectivity index (χ2v) is 8.12. The normalized spacial score (nSPS) is 15.7. The van der Waals surface area contributed by atoms with Crippen molar-refractivity contribution < 1.29 is 9.53 Å². The molecule has 0 radical (unpaired) electrons. The van der Waals surface area contributed by atoms with Gasteiger partial charge in [-0.3, -0.25) is 0 Å². The molecule has 0 unspecified atom stereocenters. The van der Waals surface area contributed by atoms with Gasteiger partial charge in [0.05, 0.1) is 24.4 Å². The second-order valence-electron chi connectivity index (χ2n) is 7.06. The minimum Gasteiger partial charge on any atom is -0.496 e. The molecule has 2 amide bonds. The van der Waals surface area contributed by atoms with Crippen molar-refractivity contribution in [3.63, 3.8) is 0 Å². The van der Waals surface area contributed by atoms with Gasteiger partial charge in [0.25, 0.3) is 0 Å². The summed E-state index contributed by atoms with van der Waals surface area (Å²) in [5, 5.41) is 6.18. The molecule has 140 valence electrons. The number of thiazole rings is 1. The Hall–Kier alpha value is -2.08. The minimum atomic E-state index is -0.0585. The van der Waals surface area contributed by atoms with Gasteiger partial charge in [0.2, 0.25) is 0 Å². The van der Waals surface area contributed by atoms with Crippen molar-refractivity contribution in [2.75, 3.05) is 20.7 Å². The van der Waals surface area contributed by atoms with Gasteiger partial charge in [0.15, 0.2) is 0 Å². The molecular weight excluding hydrogens is 346 g/mol. The molecular formula is C20H27N3O2S. The molecule has 0 saturated heterocycles. The van der Waals surface area contributed by atoms with Crippen LogP contribution in [0.1, 0.15) is 41.9 Å². The van der Waals surface area contributed by atoms with Crippen LogP contribution in [0.5, 0.6) is 5.75 Å². The fourth-order valence-electron chi connectivity index (χ4n) is 3.85. The molecule has 0 aliphatic heterocycles. The maximum Gasteiger partial charge on any atom is 0.317 e. The van der Waals surface area contributed by atoms with Crippen molar-refractivity contribution in [1.82, 2.24) is 15.2 Å². The molecule has 0 spiro atoms. The van der Waals surface area contributed by atoms with E-state index in [2.05, 4.69) is 22.4 Å². The smallest absolute Gasteiger partial charge is 0.317 e. The number of carbonyl (C=O) groups excluding carboxylic acids is 1. The van der Waals surface area contributed by atoms with Gasteiger partial charge in [-0.05, 0) is 25.8 Å². The van der Waals surface area contributed by atoms with E-state index in [1.807, 2.05) is 31.5 Å². The first-order valence-corrected chi connectivity index (χ1v) is 9.95. The Kier molecular flexibility index (Phi) is 5.81. The molecule has 1 aliphatic carbocycles. The van der Waals surface area contributed by atoms with E-state index < -0.39 is 0 Å². The molecule has 1 saturated carbocycles. The Morgan fingerprint density at radius 2 is 2.08 bits per heavy atom. The molecule has 1 aromatic carbocycles. The average molecular weight is 374 g/mol. The topological polar surface area (TPSA) is 54.5 Å². The number of urea groups is 1. The molecule has 1 heterocycles. The van der Waals surface area contributed by atoms with Crippen LogP contribution in [0.25, 0.3) is 0 Å². The summed E-state index contributed by atoms with van der Waals surface area (Å²) in [5.41, 5.74) is 2.10. The minimum absolute atomic E-state index is 0.0413. The summed E-state index contributed by atoms with van der Waals surface area (Å²) in [7, 11) is 3.53. The lowest BCUT2D eigenvalue weighted by Crippen LogP contribution is -2.44. The van der Waals surface area contributed by atoms with E-state index in [9.17, 15) is 4.79 Å². The van der Waals surface area contributed by atoms with Crippen molar-refractivity contribution in [2.24, 2.45) is 0 Å². The highest BCUT2D eigenvalue weighted by atomic mass is 32.1. The number of amides is 2. The van der Waals surface area contributed by atoms with Gasteiger partial charge in [0, 0.05) is 30.0 Å². The number of nitrogens with one attached hydrogen (secondary N) is 1. The van der Waals surface area contributed by atoms with E-state index in [1.54, 1.807) is 23.3 Å². The summed E-state index contributed by atoms with van der Waals surface area (Å²) in [5.74, 6) is 0.912. The lowest BCUT2D eigenvalue weighted by atomic mass is 9.78. The van der Waals surface area contributed by atoms with Gasteiger partial charge >= 0.3 is 6.03 Å². The van der Waals surface area contributed by atoms with E-state index in [4.69, 9.17) is 4.74 Å². The summed E-state index contributed by atoms with van der Waals surface area (Å²) in [4.78, 5) is 18.7. The zero-order chi connectivity index (χ0) is 18.6. The average Bonchev–Trinajstić information content (AvgIpc) is 3.29. The number of hydrogen-bond acceptors (Lipinski definition) is 4. The third-order valence-corrected chi connectivity index (χ3v) is 6.05. The highest BCUT2D eigenvalue weighted by Gasteiger charge is 2.38. The standard InChI is InChI=1S/C20H27N3O2S/c1-15-22-16(13-26-15)12-23(2)19(24)21-14-20(10-6-7-11-20)17-8-4-5-9-18(17)25-3/h4-5,8-9,13H,6-7,10-12,14H2,1-3H3,(H,21,24). The van der Waals surface area contributed by atoms with Crippen LogP contribution in [-0.2, 0) is 12.0 Å². The number of rotatable bonds is 6. The number of methoxy groups -OCH3 is 1. The third kappa shape index (κ3) is 4.01. The van der Waals surface area contributed by atoms with Gasteiger partial charge in [0.1, 0.15) is 5.75 Å². The van der Waals surface area contributed by atoms with Crippen LogP contribution in [0.3, 0.4) is 0 Å². The molecule has 1 aromatic heterocycles. The van der Waals surface area contributed by atoms with Crippen LogP contribution in [-0.4, -0.2) is 36.6 Å². The first kappa shape index (κ1) is 18.7. The lowest BCUT2D eigenvalue weighted by Gasteiger charge is -2.32. The highest BCUT2D eigenvalue weighted by Crippen LogP contribution is 2.44.